The van der Waals surface area contributed by atoms with Gasteiger partial charge in [0.05, 0.1) is 6.61 Å². The van der Waals surface area contributed by atoms with Gasteiger partial charge in [-0.05, 0) is 0 Å². The van der Waals surface area contributed by atoms with Crippen molar-refractivity contribution in [2.75, 3.05) is 13.2 Å². The van der Waals surface area contributed by atoms with Crippen LogP contribution in [0.25, 0.3) is 0 Å². The molecule has 0 aliphatic carbocycles. The zero-order valence-corrected chi connectivity index (χ0v) is 6.23. The van der Waals surface area contributed by atoms with Crippen molar-refractivity contribution in [1.29, 1.82) is 0 Å². The highest BCUT2D eigenvalue weighted by atomic mass is 31.2. The van der Waals surface area contributed by atoms with Crippen molar-refractivity contribution in [3.8, 4) is 0 Å². The smallest absolute Gasteiger partial charge is 0.450 e. The van der Waals surface area contributed by atoms with Gasteiger partial charge in [0.25, 0.3) is 0 Å². The van der Waals surface area contributed by atoms with E-state index < -0.39 is 27.2 Å². The van der Waals surface area contributed by atoms with E-state index in [9.17, 15) is 9.36 Å². The summed E-state index contributed by atoms with van der Waals surface area (Å²) >= 11 is 0. The van der Waals surface area contributed by atoms with Crippen molar-refractivity contribution in [3.05, 3.63) is 0 Å². The molecule has 0 unspecified atom stereocenters. The van der Waals surface area contributed by atoms with Gasteiger partial charge in [0.15, 0.2) is 0 Å². The van der Waals surface area contributed by atoms with Crippen LogP contribution < -0.4 is 0 Å². The van der Waals surface area contributed by atoms with E-state index in [-0.39, 0.29) is 0 Å². The van der Waals surface area contributed by atoms with Gasteiger partial charge in [0, 0.05) is 0 Å². The number of carboxylic acid groups (broad SMARTS) is 1. The molecule has 7 nitrogen and oxygen atoms in total. The number of phosphoric ester groups is 1. The van der Waals surface area contributed by atoms with Gasteiger partial charge in [-0.25, -0.2) is 9.36 Å². The van der Waals surface area contributed by atoms with Crippen LogP contribution in [0.2, 0.25) is 0 Å². The Balaban J connectivity index is 3.29. The fraction of sp³-hybridized carbons (Fsp3) is 0.667. The van der Waals surface area contributed by atoms with Crippen molar-refractivity contribution in [2.24, 2.45) is 0 Å². The van der Waals surface area contributed by atoms with Crippen molar-refractivity contribution in [2.45, 2.75) is 0 Å². The predicted molar refractivity (Wildman–Crippen MR) is 32.0 cm³/mol. The van der Waals surface area contributed by atoms with Crippen LogP contribution in [0.1, 0.15) is 0 Å². The van der Waals surface area contributed by atoms with Crippen molar-refractivity contribution >= 4 is 14.0 Å². The molecule has 0 saturated carbocycles. The van der Waals surface area contributed by atoms with Gasteiger partial charge in [-0.3, -0.25) is 4.52 Å². The van der Waals surface area contributed by atoms with E-state index in [0.29, 0.717) is 0 Å². The lowest BCUT2D eigenvalue weighted by Crippen LogP contribution is -2.07. The molecule has 11 heavy (non-hydrogen) atoms. The van der Waals surface area contributed by atoms with Crippen LogP contribution in [-0.2, 0) is 13.8 Å². The Morgan fingerprint density at radius 3 is 2.27 bits per heavy atom. The molecule has 0 aromatic rings. The van der Waals surface area contributed by atoms with Gasteiger partial charge in [-0.2, -0.15) is 0 Å². The van der Waals surface area contributed by atoms with E-state index in [0.717, 1.165) is 0 Å². The summed E-state index contributed by atoms with van der Waals surface area (Å²) in [6, 6.07) is 0. The highest BCUT2D eigenvalue weighted by Gasteiger charge is 2.13. The molecule has 8 heteroatoms. The Morgan fingerprint density at radius 1 is 1.36 bits per heavy atom. The molecular weight excluding hydrogens is 179 g/mol. The number of hydrogen-bond donors (Lipinski definition) is 3. The molecule has 3 N–H and O–H groups in total. The summed E-state index contributed by atoms with van der Waals surface area (Å²) in [5.74, 6) is 0. The third-order valence-corrected chi connectivity index (χ3v) is 1.09. The molecule has 0 saturated heterocycles. The second kappa shape index (κ2) is 4.30. The highest BCUT2D eigenvalue weighted by molar-refractivity contribution is 7.46. The van der Waals surface area contributed by atoms with Gasteiger partial charge in [0.2, 0.25) is 0 Å². The second-order valence-electron chi connectivity index (χ2n) is 1.44. The molecule has 0 aromatic heterocycles. The summed E-state index contributed by atoms with van der Waals surface area (Å²) in [5, 5.41) is 7.87. The first-order valence-electron chi connectivity index (χ1n) is 2.47. The zero-order chi connectivity index (χ0) is 8.91. The van der Waals surface area contributed by atoms with E-state index >= 15 is 0 Å². The minimum Gasteiger partial charge on any atom is -0.450 e. The topological polar surface area (TPSA) is 113 Å². The van der Waals surface area contributed by atoms with Crippen LogP contribution in [-0.4, -0.2) is 34.3 Å². The normalized spacial score (nSPS) is 11.1. The molecule has 0 amide bonds. The van der Waals surface area contributed by atoms with Crippen molar-refractivity contribution in [1.82, 2.24) is 0 Å². The first-order chi connectivity index (χ1) is 4.92. The largest absolute Gasteiger partial charge is 0.505 e. The molecule has 66 valence electrons. The number of rotatable bonds is 4. The van der Waals surface area contributed by atoms with Crippen LogP contribution in [0.4, 0.5) is 4.79 Å². The van der Waals surface area contributed by atoms with Crippen LogP contribution in [0, 0.1) is 0 Å². The van der Waals surface area contributed by atoms with Gasteiger partial charge in [0.1, 0.15) is 6.61 Å². The molecule has 0 radical (unpaired) electrons. The lowest BCUT2D eigenvalue weighted by Gasteiger charge is -2.03. The Hall–Kier alpha value is -0.620. The third kappa shape index (κ3) is 9.38. The zero-order valence-electron chi connectivity index (χ0n) is 5.34. The summed E-state index contributed by atoms with van der Waals surface area (Å²) in [4.78, 5) is 25.8. The monoisotopic (exact) mass is 186 g/mol. The van der Waals surface area contributed by atoms with E-state index in [2.05, 4.69) is 9.26 Å². The Morgan fingerprint density at radius 2 is 1.91 bits per heavy atom. The molecular formula is C3H7O7P. The van der Waals surface area contributed by atoms with Crippen molar-refractivity contribution in [3.63, 3.8) is 0 Å². The lowest BCUT2D eigenvalue weighted by molar-refractivity contribution is 0.0712. The Bertz CT molecular complexity index is 171. The minimum atomic E-state index is -4.50. The number of hydrogen-bond acceptors (Lipinski definition) is 4. The quantitative estimate of drug-likeness (QED) is 0.316. The average molecular weight is 186 g/mol. The molecule has 0 spiro atoms. The molecule has 0 fully saturated rings. The highest BCUT2D eigenvalue weighted by Crippen LogP contribution is 2.35. The molecule has 0 rings (SSSR count). The second-order valence-corrected chi connectivity index (χ2v) is 2.68. The first kappa shape index (κ1) is 10.4. The SMILES string of the molecule is O=C(O)OCCOP(=O)(O)O. The summed E-state index contributed by atoms with van der Waals surface area (Å²) in [7, 11) is -4.50. The molecule has 0 atom stereocenters. The molecule has 0 aliphatic heterocycles. The fourth-order valence-corrected chi connectivity index (χ4v) is 0.598. The number of carbonyl (C=O) groups is 1. The van der Waals surface area contributed by atoms with E-state index in [4.69, 9.17) is 14.9 Å². The molecule has 0 heterocycles. The average Bonchev–Trinajstić information content (AvgIpc) is 1.78. The molecule has 0 aliphatic rings. The van der Waals surface area contributed by atoms with Crippen LogP contribution >= 0.6 is 7.82 Å². The number of ether oxygens (including phenoxy) is 1. The third-order valence-electron chi connectivity index (χ3n) is 0.568. The maximum atomic E-state index is 9.95. The Labute approximate surface area is 61.8 Å². The van der Waals surface area contributed by atoms with Crippen LogP contribution in [0.5, 0.6) is 0 Å². The van der Waals surface area contributed by atoms with Crippen LogP contribution in [0.15, 0.2) is 0 Å². The fourth-order valence-electron chi connectivity index (χ4n) is 0.285. The summed E-state index contributed by atoms with van der Waals surface area (Å²) in [5.41, 5.74) is 0. The van der Waals surface area contributed by atoms with Gasteiger partial charge in [-0.1, -0.05) is 0 Å². The first-order valence-corrected chi connectivity index (χ1v) is 4.00. The van der Waals surface area contributed by atoms with E-state index in [1.807, 2.05) is 0 Å². The molecule has 0 bridgehead atoms. The standard InChI is InChI=1S/C3H7O7P/c4-3(5)9-1-2-10-11(6,7)8/h1-2H2,(H,4,5)(H2,6,7,8). The summed E-state index contributed by atoms with van der Waals surface area (Å²) in [6.07, 6.45) is -1.51. The minimum absolute atomic E-state index is 0.402. The predicted octanol–water partition coefficient (Wildman–Crippen LogP) is -0.210. The van der Waals surface area contributed by atoms with Gasteiger partial charge in [-0.15, -0.1) is 0 Å². The van der Waals surface area contributed by atoms with E-state index in [1.54, 1.807) is 0 Å². The lowest BCUT2D eigenvalue weighted by atomic mass is 10.8. The number of phosphoric acid groups is 1. The Kier molecular flexibility index (Phi) is 4.06. The van der Waals surface area contributed by atoms with Crippen molar-refractivity contribution < 1.29 is 33.5 Å². The van der Waals surface area contributed by atoms with Gasteiger partial charge >= 0.3 is 14.0 Å². The maximum Gasteiger partial charge on any atom is 0.505 e. The summed E-state index contributed by atoms with van der Waals surface area (Å²) < 4.78 is 17.7. The van der Waals surface area contributed by atoms with Crippen LogP contribution in [0.3, 0.4) is 0 Å². The van der Waals surface area contributed by atoms with E-state index in [1.165, 1.54) is 0 Å². The molecule has 0 aromatic carbocycles. The van der Waals surface area contributed by atoms with Gasteiger partial charge < -0.3 is 19.6 Å². The summed E-state index contributed by atoms with van der Waals surface area (Å²) in [6.45, 7) is -0.864. The maximum absolute atomic E-state index is 9.95.